The molecule has 0 unspecified atom stereocenters. The van der Waals surface area contributed by atoms with Crippen molar-refractivity contribution in [3.05, 3.63) is 42.2 Å². The van der Waals surface area contributed by atoms with Crippen LogP contribution in [0.4, 0.5) is 5.69 Å². The van der Waals surface area contributed by atoms with E-state index in [9.17, 15) is 13.2 Å². The highest BCUT2D eigenvalue weighted by molar-refractivity contribution is 7.92. The second-order valence-corrected chi connectivity index (χ2v) is 7.36. The second kappa shape index (κ2) is 7.24. The summed E-state index contributed by atoms with van der Waals surface area (Å²) in [5.41, 5.74) is 0.678. The predicted octanol–water partition coefficient (Wildman–Crippen LogP) is 1.82. The van der Waals surface area contributed by atoms with Crippen molar-refractivity contribution < 1.29 is 22.7 Å². The highest BCUT2D eigenvalue weighted by atomic mass is 32.2. The van der Waals surface area contributed by atoms with Gasteiger partial charge in [-0.15, -0.1) is 0 Å². The first kappa shape index (κ1) is 17.4. The normalized spacial score (nSPS) is 15.7. The lowest BCUT2D eigenvalue weighted by molar-refractivity contribution is 0.0600. The lowest BCUT2D eigenvalue weighted by Crippen LogP contribution is -2.19. The number of nitrogens with one attached hydrogen (secondary N) is 1. The number of hydrogen-bond acceptors (Lipinski definition) is 6. The highest BCUT2D eigenvalue weighted by Crippen LogP contribution is 2.23. The largest absolute Gasteiger partial charge is 0.465 e. The Balaban J connectivity index is 1.73. The number of carbonyl (C=O) groups is 1. The number of methoxy groups -OCH3 is 1. The van der Waals surface area contributed by atoms with Crippen LogP contribution < -0.4 is 4.72 Å². The van der Waals surface area contributed by atoms with Crippen molar-refractivity contribution >= 4 is 21.7 Å². The molecule has 25 heavy (non-hydrogen) atoms. The first-order valence-electron chi connectivity index (χ1n) is 7.83. The molecule has 0 aliphatic carbocycles. The molecule has 1 aromatic heterocycles. The van der Waals surface area contributed by atoms with Gasteiger partial charge in [0, 0.05) is 19.4 Å². The Kier molecular flexibility index (Phi) is 5.05. The molecule has 0 spiro atoms. The Labute approximate surface area is 145 Å². The fraction of sp³-hybridized carbons (Fsp3) is 0.375. The molecule has 8 nitrogen and oxygen atoms in total. The molecule has 2 heterocycles. The van der Waals surface area contributed by atoms with Crippen LogP contribution in [0.3, 0.4) is 0 Å². The van der Waals surface area contributed by atoms with E-state index in [1.165, 1.54) is 37.6 Å². The quantitative estimate of drug-likeness (QED) is 0.812. The first-order valence-corrected chi connectivity index (χ1v) is 9.31. The zero-order valence-corrected chi connectivity index (χ0v) is 14.5. The number of ether oxygens (including phenoxy) is 2. The summed E-state index contributed by atoms with van der Waals surface area (Å²) in [6.07, 6.45) is 4.86. The first-order chi connectivity index (χ1) is 12.0. The van der Waals surface area contributed by atoms with Crippen molar-refractivity contribution in [3.63, 3.8) is 0 Å². The van der Waals surface area contributed by atoms with Gasteiger partial charge in [0.05, 0.1) is 35.5 Å². The topological polar surface area (TPSA) is 99.5 Å². The molecule has 0 amide bonds. The van der Waals surface area contributed by atoms with Crippen LogP contribution >= 0.6 is 0 Å². The maximum absolute atomic E-state index is 12.5. The van der Waals surface area contributed by atoms with Gasteiger partial charge in [-0.05, 0) is 37.1 Å². The Morgan fingerprint density at radius 2 is 1.96 bits per heavy atom. The average molecular weight is 365 g/mol. The summed E-state index contributed by atoms with van der Waals surface area (Å²) in [5, 5.41) is 4.24. The number of carbonyl (C=O) groups excluding carboxylic acids is 1. The van der Waals surface area contributed by atoms with Gasteiger partial charge >= 0.3 is 5.97 Å². The molecule has 134 valence electrons. The summed E-state index contributed by atoms with van der Waals surface area (Å²) in [6, 6.07) is 5.75. The van der Waals surface area contributed by atoms with Gasteiger partial charge < -0.3 is 9.47 Å². The summed E-state index contributed by atoms with van der Waals surface area (Å²) in [5.74, 6) is -0.519. The highest BCUT2D eigenvalue weighted by Gasteiger charge is 2.19. The summed E-state index contributed by atoms with van der Waals surface area (Å²) in [4.78, 5) is 11.5. The van der Waals surface area contributed by atoms with E-state index in [0.29, 0.717) is 18.9 Å². The predicted molar refractivity (Wildman–Crippen MR) is 89.9 cm³/mol. The fourth-order valence-corrected chi connectivity index (χ4v) is 3.67. The Morgan fingerprint density at radius 3 is 2.60 bits per heavy atom. The van der Waals surface area contributed by atoms with Gasteiger partial charge in [-0.25, -0.2) is 13.2 Å². The zero-order chi connectivity index (χ0) is 17.9. The van der Waals surface area contributed by atoms with Gasteiger partial charge in [0.25, 0.3) is 10.0 Å². The number of anilines is 1. The third kappa shape index (κ3) is 3.99. The van der Waals surface area contributed by atoms with E-state index in [-0.39, 0.29) is 16.5 Å². The molecule has 0 atom stereocenters. The third-order valence-corrected chi connectivity index (χ3v) is 5.40. The van der Waals surface area contributed by atoms with Crippen LogP contribution in [-0.4, -0.2) is 44.5 Å². The van der Waals surface area contributed by atoms with E-state index in [1.807, 2.05) is 0 Å². The standard InChI is InChI=1S/C16H19N3O5S/c1-23-16(20)12-2-4-15(5-3-12)25(21,22)18-13-10-17-19(11-13)14-6-8-24-9-7-14/h2-5,10-11,14,18H,6-9H2,1H3. The smallest absolute Gasteiger partial charge is 0.337 e. The molecule has 1 aliphatic heterocycles. The van der Waals surface area contributed by atoms with Gasteiger partial charge in [0.2, 0.25) is 0 Å². The Hall–Kier alpha value is -2.39. The number of aromatic nitrogens is 2. The minimum absolute atomic E-state index is 0.0546. The maximum Gasteiger partial charge on any atom is 0.337 e. The van der Waals surface area contributed by atoms with Crippen molar-refractivity contribution in [1.29, 1.82) is 0 Å². The number of esters is 1. The third-order valence-electron chi connectivity index (χ3n) is 4.00. The van der Waals surface area contributed by atoms with E-state index in [2.05, 4.69) is 14.6 Å². The molecule has 1 saturated heterocycles. The van der Waals surface area contributed by atoms with Crippen LogP contribution in [0, 0.1) is 0 Å². The maximum atomic E-state index is 12.5. The molecule has 1 aromatic carbocycles. The molecule has 3 rings (SSSR count). The van der Waals surface area contributed by atoms with Crippen molar-refractivity contribution in [2.75, 3.05) is 25.0 Å². The minimum atomic E-state index is -3.76. The molecule has 2 aromatic rings. The summed E-state index contributed by atoms with van der Waals surface area (Å²) >= 11 is 0. The number of sulfonamides is 1. The van der Waals surface area contributed by atoms with E-state index < -0.39 is 16.0 Å². The van der Waals surface area contributed by atoms with Gasteiger partial charge in [0.1, 0.15) is 0 Å². The monoisotopic (exact) mass is 365 g/mol. The molecule has 1 N–H and O–H groups in total. The van der Waals surface area contributed by atoms with Crippen LogP contribution in [0.5, 0.6) is 0 Å². The second-order valence-electron chi connectivity index (χ2n) is 5.67. The molecule has 0 bridgehead atoms. The fourth-order valence-electron chi connectivity index (χ4n) is 2.64. The van der Waals surface area contributed by atoms with Crippen LogP contribution in [0.25, 0.3) is 0 Å². The van der Waals surface area contributed by atoms with Gasteiger partial charge in [-0.2, -0.15) is 5.10 Å². The van der Waals surface area contributed by atoms with Crippen molar-refractivity contribution in [2.24, 2.45) is 0 Å². The summed E-state index contributed by atoms with van der Waals surface area (Å²) < 4.78 is 39.1. The van der Waals surface area contributed by atoms with Crippen molar-refractivity contribution in [1.82, 2.24) is 9.78 Å². The molecular formula is C16H19N3O5S. The van der Waals surface area contributed by atoms with E-state index in [1.54, 1.807) is 10.9 Å². The summed E-state index contributed by atoms with van der Waals surface area (Å²) in [7, 11) is -2.49. The van der Waals surface area contributed by atoms with Gasteiger partial charge in [-0.1, -0.05) is 0 Å². The van der Waals surface area contributed by atoms with E-state index >= 15 is 0 Å². The van der Waals surface area contributed by atoms with Gasteiger partial charge in [-0.3, -0.25) is 9.40 Å². The van der Waals surface area contributed by atoms with Crippen molar-refractivity contribution in [2.45, 2.75) is 23.8 Å². The Morgan fingerprint density at radius 1 is 1.28 bits per heavy atom. The zero-order valence-electron chi connectivity index (χ0n) is 13.7. The molecule has 9 heteroatoms. The van der Waals surface area contributed by atoms with Crippen molar-refractivity contribution in [3.8, 4) is 0 Å². The number of rotatable bonds is 5. The molecule has 0 radical (unpaired) electrons. The van der Waals surface area contributed by atoms with Crippen LogP contribution in [0.2, 0.25) is 0 Å². The average Bonchev–Trinajstić information content (AvgIpc) is 3.09. The molecule has 0 saturated carbocycles. The van der Waals surface area contributed by atoms with Crippen LogP contribution in [-0.2, 0) is 19.5 Å². The minimum Gasteiger partial charge on any atom is -0.465 e. The number of nitrogens with zero attached hydrogens (tertiary/aromatic N) is 2. The lowest BCUT2D eigenvalue weighted by Gasteiger charge is -2.22. The SMILES string of the molecule is COC(=O)c1ccc(S(=O)(=O)Nc2cnn(C3CCOCC3)c2)cc1. The van der Waals surface area contributed by atoms with Crippen LogP contribution in [0.1, 0.15) is 29.2 Å². The molecule has 1 fully saturated rings. The number of hydrogen-bond donors (Lipinski definition) is 1. The summed E-state index contributed by atoms with van der Waals surface area (Å²) in [6.45, 7) is 1.36. The molecular weight excluding hydrogens is 346 g/mol. The lowest BCUT2D eigenvalue weighted by atomic mass is 10.1. The van der Waals surface area contributed by atoms with Gasteiger partial charge in [0.15, 0.2) is 0 Å². The van der Waals surface area contributed by atoms with E-state index in [0.717, 1.165) is 12.8 Å². The Bertz CT molecular complexity index is 839. The van der Waals surface area contributed by atoms with E-state index in [4.69, 9.17) is 4.74 Å². The molecule has 1 aliphatic rings. The number of benzene rings is 1. The van der Waals surface area contributed by atoms with Crippen LogP contribution in [0.15, 0.2) is 41.6 Å².